The van der Waals surface area contributed by atoms with Crippen LogP contribution >= 0.6 is 15.9 Å². The average molecular weight is 298 g/mol. The molecule has 6 nitrogen and oxygen atoms in total. The van der Waals surface area contributed by atoms with Gasteiger partial charge in [0, 0.05) is 7.05 Å². The summed E-state index contributed by atoms with van der Waals surface area (Å²) in [6, 6.07) is 8.83. The van der Waals surface area contributed by atoms with Gasteiger partial charge in [0.05, 0.1) is 4.92 Å². The number of aryl methyl sites for hydroxylation is 1. The quantitative estimate of drug-likeness (QED) is 0.645. The number of hydrogen-bond acceptors (Lipinski definition) is 4. The maximum atomic E-state index is 10.9. The van der Waals surface area contributed by atoms with E-state index in [1.807, 2.05) is 6.07 Å². The van der Waals surface area contributed by atoms with Crippen LogP contribution < -0.4 is 4.74 Å². The van der Waals surface area contributed by atoms with E-state index in [2.05, 4.69) is 21.0 Å². The van der Waals surface area contributed by atoms with E-state index in [-0.39, 0.29) is 16.2 Å². The molecule has 0 radical (unpaired) electrons. The molecule has 0 bridgehead atoms. The normalized spacial score (nSPS) is 10.2. The second kappa shape index (κ2) is 4.54. The summed E-state index contributed by atoms with van der Waals surface area (Å²) in [7, 11) is 1.58. The molecule has 7 heteroatoms. The van der Waals surface area contributed by atoms with Crippen LogP contribution in [0.3, 0.4) is 0 Å². The van der Waals surface area contributed by atoms with E-state index in [0.717, 1.165) is 0 Å². The minimum absolute atomic E-state index is 0.0908. The fraction of sp³-hybridized carbons (Fsp3) is 0.100. The molecule has 88 valence electrons. The van der Waals surface area contributed by atoms with Gasteiger partial charge in [0.2, 0.25) is 4.60 Å². The van der Waals surface area contributed by atoms with Crippen molar-refractivity contribution in [2.75, 3.05) is 0 Å². The van der Waals surface area contributed by atoms with E-state index >= 15 is 0 Å². The topological polar surface area (TPSA) is 70.2 Å². The molecule has 0 aliphatic carbocycles. The van der Waals surface area contributed by atoms with E-state index in [9.17, 15) is 10.1 Å². The summed E-state index contributed by atoms with van der Waals surface area (Å²) in [5.74, 6) is 0.610. The van der Waals surface area contributed by atoms with Gasteiger partial charge in [0.25, 0.3) is 5.88 Å². The van der Waals surface area contributed by atoms with Crippen molar-refractivity contribution in [1.82, 2.24) is 9.78 Å². The predicted octanol–water partition coefficient (Wildman–Crippen LogP) is 2.88. The molecular weight excluding hydrogens is 290 g/mol. The molecule has 0 unspecified atom stereocenters. The lowest BCUT2D eigenvalue weighted by molar-refractivity contribution is -0.386. The van der Waals surface area contributed by atoms with Gasteiger partial charge in [0.15, 0.2) is 0 Å². The number of halogens is 1. The molecule has 2 aromatic rings. The van der Waals surface area contributed by atoms with Crippen molar-refractivity contribution in [3.63, 3.8) is 0 Å². The van der Waals surface area contributed by atoms with Crippen LogP contribution in [0.4, 0.5) is 5.69 Å². The lowest BCUT2D eigenvalue weighted by Gasteiger charge is -2.04. The minimum Gasteiger partial charge on any atom is -0.434 e. The number of nitro groups is 1. The molecule has 1 aromatic heterocycles. The third-order valence-corrected chi connectivity index (χ3v) is 2.60. The number of ether oxygens (including phenoxy) is 1. The first-order valence-corrected chi connectivity index (χ1v) is 5.48. The highest BCUT2D eigenvalue weighted by molar-refractivity contribution is 9.10. The Hall–Kier alpha value is -1.89. The number of aromatic nitrogens is 2. The van der Waals surface area contributed by atoms with Crippen molar-refractivity contribution in [3.8, 4) is 11.6 Å². The average Bonchev–Trinajstić information content (AvgIpc) is 2.55. The molecule has 0 aliphatic rings. The van der Waals surface area contributed by atoms with Crippen LogP contribution in [0, 0.1) is 10.1 Å². The van der Waals surface area contributed by atoms with Crippen LogP contribution in [0.25, 0.3) is 0 Å². The van der Waals surface area contributed by atoms with Crippen molar-refractivity contribution >= 4 is 21.6 Å². The summed E-state index contributed by atoms with van der Waals surface area (Å²) in [6.45, 7) is 0. The van der Waals surface area contributed by atoms with Crippen LogP contribution in [0.2, 0.25) is 0 Å². The van der Waals surface area contributed by atoms with Crippen molar-refractivity contribution in [2.45, 2.75) is 0 Å². The largest absolute Gasteiger partial charge is 0.434 e. The third-order valence-electron chi connectivity index (χ3n) is 2.07. The van der Waals surface area contributed by atoms with Gasteiger partial charge in [0.1, 0.15) is 5.75 Å². The van der Waals surface area contributed by atoms with E-state index < -0.39 is 4.92 Å². The molecule has 0 saturated heterocycles. The van der Waals surface area contributed by atoms with Crippen molar-refractivity contribution in [1.29, 1.82) is 0 Å². The van der Waals surface area contributed by atoms with Gasteiger partial charge < -0.3 is 4.74 Å². The third kappa shape index (κ3) is 2.28. The van der Waals surface area contributed by atoms with E-state index in [0.29, 0.717) is 5.75 Å². The number of nitrogens with zero attached hydrogens (tertiary/aromatic N) is 3. The Morgan fingerprint density at radius 3 is 2.65 bits per heavy atom. The van der Waals surface area contributed by atoms with Gasteiger partial charge in [-0.3, -0.25) is 10.1 Å². The van der Waals surface area contributed by atoms with Crippen molar-refractivity contribution in [3.05, 3.63) is 45.0 Å². The Morgan fingerprint density at radius 1 is 1.41 bits per heavy atom. The van der Waals surface area contributed by atoms with Gasteiger partial charge in [-0.25, -0.2) is 4.68 Å². The Bertz CT molecular complexity index is 553. The molecule has 17 heavy (non-hydrogen) atoms. The predicted molar refractivity (Wildman–Crippen MR) is 64.1 cm³/mol. The first kappa shape index (κ1) is 11.6. The molecule has 0 N–H and O–H groups in total. The van der Waals surface area contributed by atoms with Gasteiger partial charge in [-0.05, 0) is 28.1 Å². The lowest BCUT2D eigenvalue weighted by atomic mass is 10.3. The van der Waals surface area contributed by atoms with Crippen LogP contribution in [0.5, 0.6) is 11.6 Å². The van der Waals surface area contributed by atoms with Crippen LogP contribution in [-0.4, -0.2) is 14.7 Å². The summed E-state index contributed by atoms with van der Waals surface area (Å²) < 4.78 is 6.91. The fourth-order valence-electron chi connectivity index (χ4n) is 1.33. The van der Waals surface area contributed by atoms with Crippen LogP contribution in [-0.2, 0) is 7.05 Å². The molecule has 1 aromatic carbocycles. The highest BCUT2D eigenvalue weighted by Crippen LogP contribution is 2.36. The number of benzene rings is 1. The van der Waals surface area contributed by atoms with E-state index in [1.54, 1.807) is 31.3 Å². The summed E-state index contributed by atoms with van der Waals surface area (Å²) in [6.07, 6.45) is 0. The summed E-state index contributed by atoms with van der Waals surface area (Å²) in [5.41, 5.74) is -0.184. The SMILES string of the molecule is Cn1nc(Br)c([N+](=O)[O-])c1Oc1ccccc1. The van der Waals surface area contributed by atoms with Gasteiger partial charge >= 0.3 is 5.69 Å². The Balaban J connectivity index is 2.42. The fourth-order valence-corrected chi connectivity index (χ4v) is 1.89. The molecule has 0 spiro atoms. The molecule has 0 saturated carbocycles. The first-order valence-electron chi connectivity index (χ1n) is 4.69. The first-order chi connectivity index (χ1) is 8.09. The number of hydrogen-bond donors (Lipinski definition) is 0. The van der Waals surface area contributed by atoms with Gasteiger partial charge in [-0.2, -0.15) is 5.10 Å². The van der Waals surface area contributed by atoms with Crippen LogP contribution in [0.1, 0.15) is 0 Å². The van der Waals surface area contributed by atoms with Crippen molar-refractivity contribution in [2.24, 2.45) is 7.05 Å². The molecule has 0 amide bonds. The zero-order valence-electron chi connectivity index (χ0n) is 8.83. The van der Waals surface area contributed by atoms with Crippen molar-refractivity contribution < 1.29 is 9.66 Å². The highest BCUT2D eigenvalue weighted by atomic mass is 79.9. The second-order valence-corrected chi connectivity index (χ2v) is 3.99. The Morgan fingerprint density at radius 2 is 2.06 bits per heavy atom. The maximum absolute atomic E-state index is 10.9. The summed E-state index contributed by atoms with van der Waals surface area (Å²) in [4.78, 5) is 10.4. The Labute approximate surface area is 105 Å². The standard InChI is InChI=1S/C10H8BrN3O3/c1-13-10(8(14(15)16)9(11)12-13)17-7-5-3-2-4-6-7/h2-6H,1H3. The molecular formula is C10H8BrN3O3. The molecule has 1 heterocycles. The molecule has 0 atom stereocenters. The summed E-state index contributed by atoms with van der Waals surface area (Å²) >= 11 is 3.03. The molecule has 0 fully saturated rings. The smallest absolute Gasteiger partial charge is 0.365 e. The monoisotopic (exact) mass is 297 g/mol. The lowest BCUT2D eigenvalue weighted by Crippen LogP contribution is -1.97. The highest BCUT2D eigenvalue weighted by Gasteiger charge is 2.27. The zero-order chi connectivity index (χ0) is 12.4. The minimum atomic E-state index is -0.532. The summed E-state index contributed by atoms with van der Waals surface area (Å²) in [5, 5.41) is 14.8. The second-order valence-electron chi connectivity index (χ2n) is 3.24. The zero-order valence-corrected chi connectivity index (χ0v) is 10.4. The number of para-hydroxylation sites is 1. The molecule has 2 rings (SSSR count). The maximum Gasteiger partial charge on any atom is 0.365 e. The van der Waals surface area contributed by atoms with Crippen LogP contribution in [0.15, 0.2) is 34.9 Å². The van der Waals surface area contributed by atoms with Gasteiger partial charge in [-0.15, -0.1) is 0 Å². The van der Waals surface area contributed by atoms with E-state index in [1.165, 1.54) is 4.68 Å². The van der Waals surface area contributed by atoms with Gasteiger partial charge in [-0.1, -0.05) is 18.2 Å². The van der Waals surface area contributed by atoms with E-state index in [4.69, 9.17) is 4.74 Å². The Kier molecular flexibility index (Phi) is 3.10. The number of rotatable bonds is 3. The molecule has 0 aliphatic heterocycles.